The molecule has 0 aliphatic carbocycles. The fourth-order valence-electron chi connectivity index (χ4n) is 3.47. The highest BCUT2D eigenvalue weighted by molar-refractivity contribution is 5.95. The van der Waals surface area contributed by atoms with Gasteiger partial charge in [-0.2, -0.15) is 0 Å². The number of rotatable bonds is 6. The molecule has 144 valence electrons. The molecular weight excluding hydrogens is 340 g/mol. The Morgan fingerprint density at radius 3 is 2.41 bits per heavy atom. The minimum atomic E-state index is 0.0287. The van der Waals surface area contributed by atoms with Crippen molar-refractivity contribution in [3.63, 3.8) is 0 Å². The summed E-state index contributed by atoms with van der Waals surface area (Å²) in [7, 11) is 2.10. The van der Waals surface area contributed by atoms with E-state index in [0.29, 0.717) is 36.8 Å². The lowest BCUT2D eigenvalue weighted by Gasteiger charge is -2.40. The third-order valence-corrected chi connectivity index (χ3v) is 4.82. The van der Waals surface area contributed by atoms with Crippen molar-refractivity contribution in [2.45, 2.75) is 19.9 Å². The summed E-state index contributed by atoms with van der Waals surface area (Å²) < 4.78 is 11.3. The van der Waals surface area contributed by atoms with Crippen LogP contribution in [0.2, 0.25) is 0 Å². The zero-order chi connectivity index (χ0) is 19.2. The van der Waals surface area contributed by atoms with Gasteiger partial charge in [0.05, 0.1) is 19.3 Å². The molecule has 1 aliphatic heterocycles. The van der Waals surface area contributed by atoms with E-state index < -0.39 is 0 Å². The Labute approximate surface area is 161 Å². The summed E-state index contributed by atoms with van der Waals surface area (Å²) in [6, 6.07) is 15.7. The normalized spacial score (nSPS) is 17.6. The van der Waals surface area contributed by atoms with Crippen molar-refractivity contribution >= 4 is 5.91 Å². The van der Waals surface area contributed by atoms with E-state index >= 15 is 0 Å². The molecule has 1 amide bonds. The molecule has 1 atom stereocenters. The monoisotopic (exact) mass is 368 g/mol. The van der Waals surface area contributed by atoms with E-state index in [4.69, 9.17) is 9.47 Å². The molecule has 2 aromatic carbocycles. The van der Waals surface area contributed by atoms with Gasteiger partial charge in [0.25, 0.3) is 5.91 Å². The molecule has 5 nitrogen and oxygen atoms in total. The van der Waals surface area contributed by atoms with Crippen LogP contribution in [0, 0.1) is 0 Å². The number of carbonyl (C=O) groups excluding carboxylic acids is 1. The summed E-state index contributed by atoms with van der Waals surface area (Å²) in [6.45, 7) is 7.34. The predicted octanol–water partition coefficient (Wildman–Crippen LogP) is 3.61. The first-order valence-corrected chi connectivity index (χ1v) is 9.58. The second-order valence-electron chi connectivity index (χ2n) is 6.71. The Kier molecular flexibility index (Phi) is 6.35. The van der Waals surface area contributed by atoms with Crippen LogP contribution >= 0.6 is 0 Å². The quantitative estimate of drug-likeness (QED) is 0.781. The third kappa shape index (κ3) is 4.42. The number of amides is 1. The van der Waals surface area contributed by atoms with Crippen molar-refractivity contribution in [1.29, 1.82) is 0 Å². The van der Waals surface area contributed by atoms with Crippen molar-refractivity contribution in [3.05, 3.63) is 59.7 Å². The number of carbonyl (C=O) groups is 1. The minimum absolute atomic E-state index is 0.0287. The van der Waals surface area contributed by atoms with E-state index in [9.17, 15) is 4.79 Å². The van der Waals surface area contributed by atoms with Crippen molar-refractivity contribution in [1.82, 2.24) is 9.80 Å². The average Bonchev–Trinajstić information content (AvgIpc) is 2.70. The lowest BCUT2D eigenvalue weighted by atomic mass is 10.0. The van der Waals surface area contributed by atoms with Gasteiger partial charge in [0, 0.05) is 25.2 Å². The number of nitrogens with zero attached hydrogens (tertiary/aromatic N) is 2. The van der Waals surface area contributed by atoms with Crippen molar-refractivity contribution in [2.75, 3.05) is 39.9 Å². The lowest BCUT2D eigenvalue weighted by Crippen LogP contribution is -2.49. The van der Waals surface area contributed by atoms with Gasteiger partial charge in [-0.1, -0.05) is 30.3 Å². The standard InChI is InChI=1S/C22H28N2O3/c1-4-26-20-12-11-18(15-21(20)27-5-2)22(25)24-14-13-23(3)16-19(24)17-9-7-6-8-10-17/h6-12,15,19H,4-5,13-14,16H2,1-3H3. The van der Waals surface area contributed by atoms with Crippen LogP contribution in [0.5, 0.6) is 11.5 Å². The molecule has 0 bridgehead atoms. The van der Waals surface area contributed by atoms with Crippen LogP contribution in [0.25, 0.3) is 0 Å². The number of hydrogen-bond donors (Lipinski definition) is 0. The van der Waals surface area contributed by atoms with Gasteiger partial charge in [-0.15, -0.1) is 0 Å². The highest BCUT2D eigenvalue weighted by Crippen LogP contribution is 2.31. The minimum Gasteiger partial charge on any atom is -0.490 e. The molecule has 1 saturated heterocycles. The molecule has 3 rings (SSSR count). The molecule has 1 unspecified atom stereocenters. The smallest absolute Gasteiger partial charge is 0.254 e. The Balaban J connectivity index is 1.89. The largest absolute Gasteiger partial charge is 0.490 e. The Hall–Kier alpha value is -2.53. The van der Waals surface area contributed by atoms with Crippen LogP contribution in [-0.2, 0) is 0 Å². The Morgan fingerprint density at radius 2 is 1.70 bits per heavy atom. The number of ether oxygens (including phenoxy) is 2. The first-order chi connectivity index (χ1) is 13.1. The van der Waals surface area contributed by atoms with Crippen LogP contribution in [0.4, 0.5) is 0 Å². The van der Waals surface area contributed by atoms with Crippen LogP contribution in [0.15, 0.2) is 48.5 Å². The van der Waals surface area contributed by atoms with E-state index in [1.54, 1.807) is 6.07 Å². The molecule has 0 radical (unpaired) electrons. The topological polar surface area (TPSA) is 42.0 Å². The summed E-state index contributed by atoms with van der Waals surface area (Å²) in [4.78, 5) is 17.6. The second kappa shape index (κ2) is 8.91. The van der Waals surface area contributed by atoms with Gasteiger partial charge < -0.3 is 19.3 Å². The molecule has 0 saturated carbocycles. The van der Waals surface area contributed by atoms with Crippen molar-refractivity contribution in [3.8, 4) is 11.5 Å². The van der Waals surface area contributed by atoms with Crippen LogP contribution in [-0.4, -0.2) is 55.6 Å². The highest BCUT2D eigenvalue weighted by atomic mass is 16.5. The molecule has 1 heterocycles. The molecule has 2 aromatic rings. The average molecular weight is 368 g/mol. The van der Waals surface area contributed by atoms with E-state index in [1.807, 2.05) is 49.1 Å². The number of benzene rings is 2. The molecule has 1 fully saturated rings. The van der Waals surface area contributed by atoms with Crippen LogP contribution < -0.4 is 9.47 Å². The molecule has 5 heteroatoms. The number of piperazine rings is 1. The molecule has 0 N–H and O–H groups in total. The van der Waals surface area contributed by atoms with Gasteiger partial charge in [-0.05, 0) is 44.7 Å². The van der Waals surface area contributed by atoms with E-state index in [2.05, 4.69) is 24.1 Å². The predicted molar refractivity (Wildman–Crippen MR) is 106 cm³/mol. The van der Waals surface area contributed by atoms with E-state index in [0.717, 1.165) is 18.7 Å². The van der Waals surface area contributed by atoms with Gasteiger partial charge in [-0.3, -0.25) is 4.79 Å². The fraction of sp³-hybridized carbons (Fsp3) is 0.409. The first-order valence-electron chi connectivity index (χ1n) is 9.58. The fourth-order valence-corrected chi connectivity index (χ4v) is 3.47. The number of hydrogen-bond acceptors (Lipinski definition) is 4. The summed E-state index contributed by atoms with van der Waals surface area (Å²) in [5.74, 6) is 1.32. The van der Waals surface area contributed by atoms with E-state index in [1.165, 1.54) is 0 Å². The van der Waals surface area contributed by atoms with Crippen LogP contribution in [0.1, 0.15) is 35.8 Å². The lowest BCUT2D eigenvalue weighted by molar-refractivity contribution is 0.0497. The highest BCUT2D eigenvalue weighted by Gasteiger charge is 2.31. The van der Waals surface area contributed by atoms with Gasteiger partial charge in [0.2, 0.25) is 0 Å². The summed E-state index contributed by atoms with van der Waals surface area (Å²) in [5, 5.41) is 0. The zero-order valence-corrected chi connectivity index (χ0v) is 16.4. The summed E-state index contributed by atoms with van der Waals surface area (Å²) in [6.07, 6.45) is 0. The SMILES string of the molecule is CCOc1ccc(C(=O)N2CCN(C)CC2c2ccccc2)cc1OCC. The van der Waals surface area contributed by atoms with Gasteiger partial charge in [-0.25, -0.2) is 0 Å². The summed E-state index contributed by atoms with van der Waals surface area (Å²) in [5.41, 5.74) is 1.79. The van der Waals surface area contributed by atoms with Gasteiger partial charge >= 0.3 is 0 Å². The second-order valence-corrected chi connectivity index (χ2v) is 6.71. The van der Waals surface area contributed by atoms with E-state index in [-0.39, 0.29) is 11.9 Å². The Bertz CT molecular complexity index is 763. The van der Waals surface area contributed by atoms with Crippen molar-refractivity contribution in [2.24, 2.45) is 0 Å². The summed E-state index contributed by atoms with van der Waals surface area (Å²) >= 11 is 0. The zero-order valence-electron chi connectivity index (χ0n) is 16.4. The maximum Gasteiger partial charge on any atom is 0.254 e. The maximum atomic E-state index is 13.3. The molecular formula is C22H28N2O3. The molecule has 0 spiro atoms. The first kappa shape index (κ1) is 19.2. The van der Waals surface area contributed by atoms with Crippen LogP contribution in [0.3, 0.4) is 0 Å². The third-order valence-electron chi connectivity index (χ3n) is 4.82. The van der Waals surface area contributed by atoms with Gasteiger partial charge in [0.15, 0.2) is 11.5 Å². The molecule has 1 aliphatic rings. The number of likely N-dealkylation sites (N-methyl/N-ethyl adjacent to an activating group) is 1. The molecule has 0 aromatic heterocycles. The molecule has 27 heavy (non-hydrogen) atoms. The Morgan fingerprint density at radius 1 is 1.00 bits per heavy atom. The van der Waals surface area contributed by atoms with Crippen molar-refractivity contribution < 1.29 is 14.3 Å². The van der Waals surface area contributed by atoms with Gasteiger partial charge in [0.1, 0.15) is 0 Å². The maximum absolute atomic E-state index is 13.3.